The highest BCUT2D eigenvalue weighted by Gasteiger charge is 2.41. The number of amides is 2. The standard InChI is InChI=1S/C19H17N3O2S.C2H7N/c1-21(2)18(23)15-10-14(12-6-4-3-5-7-12)19(24)22-16(15)17-13(11-20-22)8-9-25-17;1-3-2/h3-8,10-11,15H,9H2,1-2H3;3H,1-2H3. The number of rotatable bonds is 2. The number of carbonyl (C=O) groups excluding carboxylic acids is 2. The summed E-state index contributed by atoms with van der Waals surface area (Å²) >= 11 is 1.65. The number of allylic oxidation sites excluding steroid dienone is 1. The van der Waals surface area contributed by atoms with Crippen LogP contribution >= 0.6 is 11.8 Å². The second-order valence-corrected chi connectivity index (χ2v) is 7.73. The van der Waals surface area contributed by atoms with Crippen molar-refractivity contribution in [2.45, 2.75) is 0 Å². The average Bonchev–Trinajstić information content (AvgIpc) is 3.18. The SMILES string of the molecule is CN(C)C(=O)C1C=C(c2ccccc2)C(=O)N2N=CC3=CCSC3=C12.CNC. The number of hydrogen-bond acceptors (Lipinski definition) is 5. The molecule has 1 unspecified atom stereocenters. The quantitative estimate of drug-likeness (QED) is 0.833. The van der Waals surface area contributed by atoms with Crippen LogP contribution in [0.1, 0.15) is 5.56 Å². The largest absolute Gasteiger partial charge is 0.348 e. The second kappa shape index (κ2) is 8.58. The van der Waals surface area contributed by atoms with Crippen molar-refractivity contribution in [2.24, 2.45) is 11.0 Å². The Morgan fingerprint density at radius 3 is 2.57 bits per heavy atom. The Kier molecular flexibility index (Phi) is 6.16. The first-order chi connectivity index (χ1) is 13.5. The Hall–Kier alpha value is -2.64. The maximum atomic E-state index is 13.0. The molecule has 3 aliphatic heterocycles. The van der Waals surface area contributed by atoms with Crippen LogP contribution in [0.3, 0.4) is 0 Å². The van der Waals surface area contributed by atoms with Crippen LogP contribution in [0.15, 0.2) is 63.8 Å². The van der Waals surface area contributed by atoms with Gasteiger partial charge in [0.25, 0.3) is 5.91 Å². The van der Waals surface area contributed by atoms with Crippen LogP contribution in [0.4, 0.5) is 0 Å². The van der Waals surface area contributed by atoms with Crippen LogP contribution in [-0.4, -0.2) is 61.9 Å². The molecule has 4 rings (SSSR count). The van der Waals surface area contributed by atoms with Gasteiger partial charge in [-0.3, -0.25) is 9.59 Å². The summed E-state index contributed by atoms with van der Waals surface area (Å²) in [6.45, 7) is 0. The summed E-state index contributed by atoms with van der Waals surface area (Å²) < 4.78 is 0. The molecule has 0 radical (unpaired) electrons. The topological polar surface area (TPSA) is 65.0 Å². The molecule has 6 nitrogen and oxygen atoms in total. The number of carbonyl (C=O) groups is 2. The highest BCUT2D eigenvalue weighted by molar-refractivity contribution is 8.03. The molecule has 146 valence electrons. The number of nitrogens with zero attached hydrogens (tertiary/aromatic N) is 3. The minimum Gasteiger partial charge on any atom is -0.348 e. The van der Waals surface area contributed by atoms with Gasteiger partial charge in [-0.1, -0.05) is 42.5 Å². The van der Waals surface area contributed by atoms with Gasteiger partial charge in [-0.2, -0.15) is 10.1 Å². The highest BCUT2D eigenvalue weighted by Crippen LogP contribution is 2.44. The Morgan fingerprint density at radius 1 is 1.25 bits per heavy atom. The monoisotopic (exact) mass is 396 g/mol. The molecule has 0 bridgehead atoms. The van der Waals surface area contributed by atoms with E-state index in [9.17, 15) is 9.59 Å². The highest BCUT2D eigenvalue weighted by atomic mass is 32.2. The minimum atomic E-state index is -0.524. The van der Waals surface area contributed by atoms with Crippen LogP contribution in [0, 0.1) is 5.92 Å². The summed E-state index contributed by atoms with van der Waals surface area (Å²) in [4.78, 5) is 28.4. The van der Waals surface area contributed by atoms with E-state index in [0.717, 1.165) is 21.8 Å². The molecular weight excluding hydrogens is 372 g/mol. The first kappa shape index (κ1) is 20.1. The third-order valence-electron chi connectivity index (χ3n) is 4.41. The van der Waals surface area contributed by atoms with Crippen molar-refractivity contribution in [1.29, 1.82) is 0 Å². The Balaban J connectivity index is 0.000000706. The van der Waals surface area contributed by atoms with Crippen molar-refractivity contribution in [3.8, 4) is 0 Å². The molecule has 1 aromatic carbocycles. The first-order valence-corrected chi connectivity index (χ1v) is 10.0. The number of fused-ring (bicyclic) bond motifs is 2. The van der Waals surface area contributed by atoms with Crippen LogP contribution in [0.25, 0.3) is 5.57 Å². The van der Waals surface area contributed by atoms with Crippen molar-refractivity contribution in [2.75, 3.05) is 33.9 Å². The van der Waals surface area contributed by atoms with Gasteiger partial charge in [0.05, 0.1) is 11.9 Å². The maximum absolute atomic E-state index is 13.0. The van der Waals surface area contributed by atoms with Gasteiger partial charge >= 0.3 is 0 Å². The third kappa shape index (κ3) is 3.68. The zero-order valence-electron chi connectivity index (χ0n) is 16.5. The Bertz CT molecular complexity index is 900. The number of benzene rings is 1. The second-order valence-electron chi connectivity index (χ2n) is 6.70. The molecule has 0 saturated heterocycles. The molecule has 0 aliphatic carbocycles. The molecule has 3 aliphatic rings. The molecule has 1 atom stereocenters. The Labute approximate surface area is 169 Å². The predicted octanol–water partition coefficient (Wildman–Crippen LogP) is 2.34. The summed E-state index contributed by atoms with van der Waals surface area (Å²) in [7, 11) is 7.21. The molecule has 0 fully saturated rings. The molecule has 1 N–H and O–H groups in total. The van der Waals surface area contributed by atoms with Gasteiger partial charge in [-0.15, -0.1) is 11.8 Å². The number of nitrogens with one attached hydrogen (secondary N) is 1. The van der Waals surface area contributed by atoms with Crippen LogP contribution in [0.2, 0.25) is 0 Å². The molecule has 0 aromatic heterocycles. The van der Waals surface area contributed by atoms with Crippen molar-refractivity contribution in [3.63, 3.8) is 0 Å². The zero-order chi connectivity index (χ0) is 20.3. The molecule has 7 heteroatoms. The normalized spacial score (nSPS) is 19.9. The lowest BCUT2D eigenvalue weighted by atomic mass is 9.90. The average molecular weight is 397 g/mol. The third-order valence-corrected chi connectivity index (χ3v) is 5.48. The van der Waals surface area contributed by atoms with E-state index in [2.05, 4.69) is 16.5 Å². The summed E-state index contributed by atoms with van der Waals surface area (Å²) in [5.41, 5.74) is 2.98. The molecule has 28 heavy (non-hydrogen) atoms. The van der Waals surface area contributed by atoms with E-state index in [1.807, 2.05) is 44.4 Å². The van der Waals surface area contributed by atoms with Gasteiger partial charge in [0.1, 0.15) is 5.92 Å². The van der Waals surface area contributed by atoms with Gasteiger partial charge in [0, 0.05) is 35.9 Å². The van der Waals surface area contributed by atoms with E-state index >= 15 is 0 Å². The van der Waals surface area contributed by atoms with Gasteiger partial charge in [0.2, 0.25) is 5.91 Å². The van der Waals surface area contributed by atoms with Gasteiger partial charge in [-0.25, -0.2) is 0 Å². The maximum Gasteiger partial charge on any atom is 0.278 e. The van der Waals surface area contributed by atoms with E-state index in [0.29, 0.717) is 11.3 Å². The molecular formula is C21H24N4O2S. The zero-order valence-corrected chi connectivity index (χ0v) is 17.3. The fourth-order valence-electron chi connectivity index (χ4n) is 3.17. The summed E-state index contributed by atoms with van der Waals surface area (Å²) in [5, 5.41) is 8.50. The fourth-order valence-corrected chi connectivity index (χ4v) is 4.27. The van der Waals surface area contributed by atoms with Gasteiger partial charge in [0.15, 0.2) is 0 Å². The minimum absolute atomic E-state index is 0.0580. The summed E-state index contributed by atoms with van der Waals surface area (Å²) in [5.74, 6) is 0.0569. The molecule has 2 amide bonds. The van der Waals surface area contributed by atoms with Crippen molar-refractivity contribution < 1.29 is 9.59 Å². The van der Waals surface area contributed by atoms with E-state index in [1.165, 1.54) is 5.01 Å². The lowest BCUT2D eigenvalue weighted by molar-refractivity contribution is -0.132. The first-order valence-electron chi connectivity index (χ1n) is 9.02. The lowest BCUT2D eigenvalue weighted by Gasteiger charge is -2.35. The number of hydrogen-bond donors (Lipinski definition) is 1. The lowest BCUT2D eigenvalue weighted by Crippen LogP contribution is -2.42. The van der Waals surface area contributed by atoms with Crippen molar-refractivity contribution in [1.82, 2.24) is 15.2 Å². The van der Waals surface area contributed by atoms with Gasteiger partial charge in [-0.05, 0) is 19.7 Å². The van der Waals surface area contributed by atoms with Crippen LogP contribution < -0.4 is 5.32 Å². The molecule has 1 aromatic rings. The predicted molar refractivity (Wildman–Crippen MR) is 114 cm³/mol. The molecule has 0 saturated carbocycles. The van der Waals surface area contributed by atoms with Crippen LogP contribution in [-0.2, 0) is 9.59 Å². The van der Waals surface area contributed by atoms with Crippen molar-refractivity contribution in [3.05, 3.63) is 64.2 Å². The molecule has 0 spiro atoms. The Morgan fingerprint density at radius 2 is 1.93 bits per heavy atom. The van der Waals surface area contributed by atoms with Gasteiger partial charge < -0.3 is 10.2 Å². The molecule has 3 heterocycles. The van der Waals surface area contributed by atoms with E-state index in [4.69, 9.17) is 0 Å². The fraction of sp³-hybridized carbons (Fsp3) is 0.286. The van der Waals surface area contributed by atoms with Crippen molar-refractivity contribution >= 4 is 35.4 Å². The van der Waals surface area contributed by atoms with Crippen LogP contribution in [0.5, 0.6) is 0 Å². The van der Waals surface area contributed by atoms with E-state index in [1.54, 1.807) is 43.0 Å². The smallest absolute Gasteiger partial charge is 0.278 e. The number of thioether (sulfide) groups is 1. The summed E-state index contributed by atoms with van der Waals surface area (Å²) in [6, 6.07) is 9.42. The summed E-state index contributed by atoms with van der Waals surface area (Å²) in [6.07, 6.45) is 5.57. The van der Waals surface area contributed by atoms with E-state index in [-0.39, 0.29) is 11.8 Å². The number of hydrazone groups is 1. The van der Waals surface area contributed by atoms with E-state index < -0.39 is 5.92 Å².